The summed E-state index contributed by atoms with van der Waals surface area (Å²) in [5.41, 5.74) is 0.982. The van der Waals surface area contributed by atoms with Crippen molar-refractivity contribution in [1.29, 1.82) is 0 Å². The number of hydrogen-bond donors (Lipinski definition) is 1. The molecule has 6 heteroatoms. The Hall–Kier alpha value is -0.620. The molecule has 1 aliphatic heterocycles. The first-order chi connectivity index (χ1) is 9.34. The van der Waals surface area contributed by atoms with Crippen molar-refractivity contribution in [2.75, 3.05) is 19.6 Å². The van der Waals surface area contributed by atoms with E-state index in [0.29, 0.717) is 24.7 Å². The van der Waals surface area contributed by atoms with E-state index in [-0.39, 0.29) is 16.9 Å². The Labute approximate surface area is 126 Å². The summed E-state index contributed by atoms with van der Waals surface area (Å²) in [7, 11) is -3.54. The minimum absolute atomic E-state index is 0.0625. The van der Waals surface area contributed by atoms with Crippen LogP contribution in [-0.2, 0) is 10.0 Å². The van der Waals surface area contributed by atoms with Crippen LogP contribution < -0.4 is 5.32 Å². The predicted molar refractivity (Wildman–Crippen MR) is 81.8 cm³/mol. The van der Waals surface area contributed by atoms with Gasteiger partial charge in [0.15, 0.2) is 0 Å². The van der Waals surface area contributed by atoms with Crippen LogP contribution >= 0.6 is 11.6 Å². The summed E-state index contributed by atoms with van der Waals surface area (Å²) in [5, 5.41) is 3.48. The number of sulfonamides is 1. The quantitative estimate of drug-likeness (QED) is 0.932. The first-order valence-corrected chi connectivity index (χ1v) is 8.68. The second-order valence-corrected chi connectivity index (χ2v) is 7.78. The highest BCUT2D eigenvalue weighted by Crippen LogP contribution is 2.29. The molecule has 1 N–H and O–H groups in total. The smallest absolute Gasteiger partial charge is 0.244 e. The standard InChI is InChI=1S/C14H21ClN2O2S/c1-10(2)12-4-5-13(15)14(8-12)20(18,19)17-7-6-16-9-11(17)3/h4-5,8,10-11,16H,6-7,9H2,1-3H3. The number of benzene rings is 1. The van der Waals surface area contributed by atoms with Crippen molar-refractivity contribution < 1.29 is 8.42 Å². The van der Waals surface area contributed by atoms with Crippen LogP contribution in [0.2, 0.25) is 5.02 Å². The monoisotopic (exact) mass is 316 g/mol. The lowest BCUT2D eigenvalue weighted by molar-refractivity contribution is 0.284. The zero-order valence-electron chi connectivity index (χ0n) is 12.1. The molecule has 1 aliphatic rings. The zero-order valence-corrected chi connectivity index (χ0v) is 13.6. The molecule has 1 heterocycles. The maximum atomic E-state index is 12.8. The molecular weight excluding hydrogens is 296 g/mol. The first kappa shape index (κ1) is 15.8. The van der Waals surface area contributed by atoms with E-state index in [4.69, 9.17) is 11.6 Å². The van der Waals surface area contributed by atoms with Gasteiger partial charge in [0, 0.05) is 25.7 Å². The Kier molecular flexibility index (Phi) is 4.74. The number of nitrogens with zero attached hydrogens (tertiary/aromatic N) is 1. The topological polar surface area (TPSA) is 49.4 Å². The van der Waals surface area contributed by atoms with Gasteiger partial charge in [0.1, 0.15) is 4.90 Å². The van der Waals surface area contributed by atoms with Crippen LogP contribution in [0, 0.1) is 0 Å². The van der Waals surface area contributed by atoms with Gasteiger partial charge in [0.25, 0.3) is 0 Å². The number of hydrogen-bond acceptors (Lipinski definition) is 3. The van der Waals surface area contributed by atoms with Crippen molar-refractivity contribution in [3.63, 3.8) is 0 Å². The van der Waals surface area contributed by atoms with Crippen LogP contribution in [0.5, 0.6) is 0 Å². The van der Waals surface area contributed by atoms with E-state index in [1.165, 1.54) is 4.31 Å². The Balaban J connectivity index is 2.45. The third kappa shape index (κ3) is 3.01. The van der Waals surface area contributed by atoms with Crippen LogP contribution in [-0.4, -0.2) is 38.4 Å². The van der Waals surface area contributed by atoms with Gasteiger partial charge >= 0.3 is 0 Å². The number of halogens is 1. The Morgan fingerprint density at radius 1 is 1.40 bits per heavy atom. The predicted octanol–water partition coefficient (Wildman–Crippen LogP) is 2.45. The minimum atomic E-state index is -3.54. The zero-order chi connectivity index (χ0) is 14.9. The van der Waals surface area contributed by atoms with E-state index >= 15 is 0 Å². The molecule has 1 saturated heterocycles. The molecule has 0 spiro atoms. The molecule has 2 rings (SSSR count). The fourth-order valence-electron chi connectivity index (χ4n) is 2.38. The highest BCUT2D eigenvalue weighted by molar-refractivity contribution is 7.89. The third-order valence-electron chi connectivity index (χ3n) is 3.65. The van der Waals surface area contributed by atoms with Crippen LogP contribution in [0.25, 0.3) is 0 Å². The summed E-state index contributed by atoms with van der Waals surface area (Å²) in [4.78, 5) is 0.221. The van der Waals surface area contributed by atoms with E-state index in [1.54, 1.807) is 12.1 Å². The molecule has 1 aromatic rings. The van der Waals surface area contributed by atoms with Gasteiger partial charge in [-0.05, 0) is 30.5 Å². The minimum Gasteiger partial charge on any atom is -0.314 e. The Morgan fingerprint density at radius 3 is 2.70 bits per heavy atom. The average Bonchev–Trinajstić information content (AvgIpc) is 2.39. The maximum Gasteiger partial charge on any atom is 0.244 e. The largest absolute Gasteiger partial charge is 0.314 e. The molecule has 20 heavy (non-hydrogen) atoms. The number of rotatable bonds is 3. The molecule has 1 aromatic carbocycles. The lowest BCUT2D eigenvalue weighted by Gasteiger charge is -2.33. The fourth-order valence-corrected chi connectivity index (χ4v) is 4.52. The molecule has 4 nitrogen and oxygen atoms in total. The van der Waals surface area contributed by atoms with Crippen molar-refractivity contribution in [3.8, 4) is 0 Å². The number of piperazine rings is 1. The van der Waals surface area contributed by atoms with Gasteiger partial charge in [-0.25, -0.2) is 8.42 Å². The third-order valence-corrected chi connectivity index (χ3v) is 6.14. The highest BCUT2D eigenvalue weighted by atomic mass is 35.5. The lowest BCUT2D eigenvalue weighted by Crippen LogP contribution is -2.52. The summed E-state index contributed by atoms with van der Waals surface area (Å²) in [5.74, 6) is 0.265. The second-order valence-electron chi connectivity index (χ2n) is 5.51. The Morgan fingerprint density at radius 2 is 2.10 bits per heavy atom. The normalized spacial score (nSPS) is 21.4. The molecular formula is C14H21ClN2O2S. The molecule has 0 saturated carbocycles. The SMILES string of the molecule is CC(C)c1ccc(Cl)c(S(=O)(=O)N2CCNCC2C)c1. The van der Waals surface area contributed by atoms with E-state index < -0.39 is 10.0 Å². The molecule has 0 bridgehead atoms. The molecule has 0 amide bonds. The van der Waals surface area contributed by atoms with Gasteiger partial charge in [0.05, 0.1) is 5.02 Å². The number of nitrogens with one attached hydrogen (secondary N) is 1. The van der Waals surface area contributed by atoms with Gasteiger partial charge in [-0.3, -0.25) is 0 Å². The van der Waals surface area contributed by atoms with Crippen molar-refractivity contribution >= 4 is 21.6 Å². The Bertz CT molecular complexity index is 587. The van der Waals surface area contributed by atoms with Gasteiger partial charge in [0.2, 0.25) is 10.0 Å². The molecule has 0 aliphatic carbocycles. The molecule has 1 unspecified atom stereocenters. The summed E-state index contributed by atoms with van der Waals surface area (Å²) in [6.07, 6.45) is 0. The molecule has 0 radical (unpaired) electrons. The van der Waals surface area contributed by atoms with Crippen LogP contribution in [0.1, 0.15) is 32.3 Å². The van der Waals surface area contributed by atoms with Crippen molar-refractivity contribution in [1.82, 2.24) is 9.62 Å². The van der Waals surface area contributed by atoms with Crippen LogP contribution in [0.3, 0.4) is 0 Å². The van der Waals surface area contributed by atoms with Gasteiger partial charge in [-0.2, -0.15) is 4.31 Å². The summed E-state index contributed by atoms with van der Waals surface area (Å²) in [6, 6.07) is 5.20. The second kappa shape index (κ2) is 6.02. The van der Waals surface area contributed by atoms with Crippen molar-refractivity contribution in [3.05, 3.63) is 28.8 Å². The highest BCUT2D eigenvalue weighted by Gasteiger charge is 2.32. The molecule has 1 fully saturated rings. The van der Waals surface area contributed by atoms with Crippen molar-refractivity contribution in [2.45, 2.75) is 37.6 Å². The first-order valence-electron chi connectivity index (χ1n) is 6.86. The van der Waals surface area contributed by atoms with Crippen LogP contribution in [0.4, 0.5) is 0 Å². The van der Waals surface area contributed by atoms with Gasteiger partial charge in [-0.15, -0.1) is 0 Å². The lowest BCUT2D eigenvalue weighted by atomic mass is 10.0. The molecule has 112 valence electrons. The van der Waals surface area contributed by atoms with E-state index in [0.717, 1.165) is 5.56 Å². The maximum absolute atomic E-state index is 12.8. The summed E-state index contributed by atoms with van der Waals surface area (Å²) in [6.45, 7) is 7.79. The summed E-state index contributed by atoms with van der Waals surface area (Å²) >= 11 is 6.13. The van der Waals surface area contributed by atoms with E-state index in [9.17, 15) is 8.42 Å². The van der Waals surface area contributed by atoms with E-state index in [2.05, 4.69) is 5.32 Å². The van der Waals surface area contributed by atoms with Crippen molar-refractivity contribution in [2.24, 2.45) is 0 Å². The van der Waals surface area contributed by atoms with Crippen LogP contribution in [0.15, 0.2) is 23.1 Å². The average molecular weight is 317 g/mol. The van der Waals surface area contributed by atoms with E-state index in [1.807, 2.05) is 26.8 Å². The molecule has 0 aromatic heterocycles. The summed E-state index contributed by atoms with van der Waals surface area (Å²) < 4.78 is 27.2. The fraction of sp³-hybridized carbons (Fsp3) is 0.571. The van der Waals surface area contributed by atoms with Gasteiger partial charge < -0.3 is 5.32 Å². The van der Waals surface area contributed by atoms with Gasteiger partial charge in [-0.1, -0.05) is 31.5 Å². The molecule has 1 atom stereocenters.